The molecule has 0 aliphatic carbocycles. The maximum Gasteiger partial charge on any atom is 0.239 e. The first-order chi connectivity index (χ1) is 14.8. The number of carbonyl (C=O) groups is 2. The van der Waals surface area contributed by atoms with E-state index < -0.39 is 21.5 Å². The molecule has 1 N–H and O–H groups in total. The molecule has 166 valence electrons. The van der Waals surface area contributed by atoms with Crippen LogP contribution in [0.2, 0.25) is 0 Å². The number of nitrogens with zero attached hydrogens (tertiary/aromatic N) is 1. The number of ether oxygens (including phenoxy) is 3. The predicted molar refractivity (Wildman–Crippen MR) is 115 cm³/mol. The predicted octanol–water partition coefficient (Wildman–Crippen LogP) is 2.25. The highest BCUT2D eigenvalue weighted by Gasteiger charge is 2.24. The molecule has 0 radical (unpaired) electrons. The van der Waals surface area contributed by atoms with Gasteiger partial charge in [-0.2, -0.15) is 0 Å². The zero-order chi connectivity index (χ0) is 22.6. The van der Waals surface area contributed by atoms with Gasteiger partial charge in [0.2, 0.25) is 17.6 Å². The number of benzene rings is 2. The summed E-state index contributed by atoms with van der Waals surface area (Å²) in [7, 11) is 0.449. The molecule has 0 aromatic heterocycles. The van der Waals surface area contributed by atoms with Crippen molar-refractivity contribution in [1.29, 1.82) is 0 Å². The van der Waals surface area contributed by atoms with Crippen molar-refractivity contribution in [3.63, 3.8) is 0 Å². The van der Waals surface area contributed by atoms with Gasteiger partial charge in [0.15, 0.2) is 21.3 Å². The van der Waals surface area contributed by atoms with Gasteiger partial charge in [0.1, 0.15) is 5.75 Å². The molecule has 0 unspecified atom stereocenters. The summed E-state index contributed by atoms with van der Waals surface area (Å²) in [6.45, 7) is 0.613. The van der Waals surface area contributed by atoms with Gasteiger partial charge in [0.05, 0.1) is 26.2 Å². The van der Waals surface area contributed by atoms with Crippen molar-refractivity contribution in [3.05, 3.63) is 36.4 Å². The third kappa shape index (κ3) is 4.91. The summed E-state index contributed by atoms with van der Waals surface area (Å²) in [5.41, 5.74) is 0.945. The Labute approximate surface area is 180 Å². The second-order valence-corrected chi connectivity index (χ2v) is 8.85. The average molecular weight is 448 g/mol. The fourth-order valence-electron chi connectivity index (χ4n) is 3.36. The van der Waals surface area contributed by atoms with Crippen molar-refractivity contribution >= 4 is 33.0 Å². The van der Waals surface area contributed by atoms with Gasteiger partial charge in [-0.05, 0) is 30.7 Å². The van der Waals surface area contributed by atoms with E-state index in [4.69, 9.17) is 14.2 Å². The molecule has 2 aromatic carbocycles. The van der Waals surface area contributed by atoms with Gasteiger partial charge >= 0.3 is 0 Å². The van der Waals surface area contributed by atoms with Crippen LogP contribution in [0.25, 0.3) is 0 Å². The van der Waals surface area contributed by atoms with Crippen LogP contribution < -0.4 is 24.4 Å². The summed E-state index contributed by atoms with van der Waals surface area (Å²) >= 11 is 0. The maximum absolute atomic E-state index is 12.7. The molecule has 1 aliphatic heterocycles. The minimum atomic E-state index is -3.88. The monoisotopic (exact) mass is 448 g/mol. The highest BCUT2D eigenvalue weighted by atomic mass is 32.2. The van der Waals surface area contributed by atoms with Crippen LogP contribution in [0, 0.1) is 0 Å². The molecule has 2 amide bonds. The Morgan fingerprint density at radius 3 is 2.13 bits per heavy atom. The molecule has 0 bridgehead atoms. The number of anilines is 2. The van der Waals surface area contributed by atoms with Gasteiger partial charge in [0.25, 0.3) is 0 Å². The molecule has 1 fully saturated rings. The Morgan fingerprint density at radius 1 is 1.03 bits per heavy atom. The van der Waals surface area contributed by atoms with E-state index in [1.54, 1.807) is 17.0 Å². The van der Waals surface area contributed by atoms with Gasteiger partial charge in [0, 0.05) is 36.5 Å². The quantitative estimate of drug-likeness (QED) is 0.659. The lowest BCUT2D eigenvalue weighted by molar-refractivity contribution is -0.117. The highest BCUT2D eigenvalue weighted by molar-refractivity contribution is 7.92. The third-order valence-electron chi connectivity index (χ3n) is 4.85. The van der Waals surface area contributed by atoms with Crippen molar-refractivity contribution in [3.8, 4) is 17.2 Å². The van der Waals surface area contributed by atoms with Gasteiger partial charge in [-0.25, -0.2) is 8.42 Å². The van der Waals surface area contributed by atoms with Crippen molar-refractivity contribution in [2.24, 2.45) is 0 Å². The van der Waals surface area contributed by atoms with Crippen molar-refractivity contribution in [2.75, 3.05) is 43.8 Å². The van der Waals surface area contributed by atoms with E-state index in [1.807, 2.05) is 0 Å². The fraction of sp³-hybridized carbons (Fsp3) is 0.333. The van der Waals surface area contributed by atoms with Crippen LogP contribution in [-0.2, 0) is 19.4 Å². The lowest BCUT2D eigenvalue weighted by Crippen LogP contribution is -2.24. The average Bonchev–Trinajstić information content (AvgIpc) is 3.18. The molecule has 0 spiro atoms. The molecule has 2 aromatic rings. The molecule has 0 atom stereocenters. The number of hydrogen-bond donors (Lipinski definition) is 1. The van der Waals surface area contributed by atoms with Crippen LogP contribution in [0.4, 0.5) is 11.4 Å². The summed E-state index contributed by atoms with van der Waals surface area (Å²) in [5, 5.41) is 2.54. The maximum atomic E-state index is 12.7. The Bertz CT molecular complexity index is 1060. The Balaban J connectivity index is 1.73. The molecular weight excluding hydrogens is 424 g/mol. The van der Waals surface area contributed by atoms with Crippen LogP contribution in [0.15, 0.2) is 41.3 Å². The fourth-order valence-corrected chi connectivity index (χ4v) is 4.50. The molecular formula is C21H24N2O7S. The van der Waals surface area contributed by atoms with Gasteiger partial charge < -0.3 is 24.4 Å². The van der Waals surface area contributed by atoms with E-state index in [1.165, 1.54) is 45.6 Å². The minimum Gasteiger partial charge on any atom is -0.493 e. The Morgan fingerprint density at radius 2 is 1.65 bits per heavy atom. The number of nitrogens with one attached hydrogen (secondary N) is 1. The lowest BCUT2D eigenvalue weighted by atomic mass is 10.2. The number of hydrogen-bond acceptors (Lipinski definition) is 7. The first-order valence-electron chi connectivity index (χ1n) is 9.52. The number of amides is 2. The summed E-state index contributed by atoms with van der Waals surface area (Å²) in [6, 6.07) is 8.98. The van der Waals surface area contributed by atoms with E-state index in [0.29, 0.717) is 41.6 Å². The summed E-state index contributed by atoms with van der Waals surface area (Å²) in [6.07, 6.45) is 1.27. The largest absolute Gasteiger partial charge is 0.493 e. The first kappa shape index (κ1) is 22.4. The van der Waals surface area contributed by atoms with Gasteiger partial charge in [-0.1, -0.05) is 0 Å². The van der Waals surface area contributed by atoms with Crippen molar-refractivity contribution < 1.29 is 32.2 Å². The van der Waals surface area contributed by atoms with Crippen LogP contribution in [-0.4, -0.2) is 53.9 Å². The van der Waals surface area contributed by atoms with E-state index in [2.05, 4.69) is 5.32 Å². The zero-order valence-corrected chi connectivity index (χ0v) is 18.3. The lowest BCUT2D eigenvalue weighted by Gasteiger charge is -2.16. The summed E-state index contributed by atoms with van der Waals surface area (Å²) in [4.78, 5) is 25.9. The molecule has 1 aliphatic rings. The molecule has 1 heterocycles. The van der Waals surface area contributed by atoms with Gasteiger partial charge in [-0.3, -0.25) is 9.59 Å². The Hall–Kier alpha value is -3.27. The van der Waals surface area contributed by atoms with Crippen molar-refractivity contribution in [2.45, 2.75) is 17.7 Å². The SMILES string of the molecule is COc1cc(NC(=O)CS(=O)(=O)c2ccc(N3CCCC3=O)cc2)cc(OC)c1OC. The normalized spacial score (nSPS) is 13.8. The standard InChI is InChI=1S/C21H24N2O7S/c1-28-17-11-14(12-18(29-2)21(17)30-3)22-19(24)13-31(26,27)16-8-6-15(7-9-16)23-10-4-5-20(23)25/h6-9,11-12H,4-5,10,13H2,1-3H3,(H,22,24). The molecule has 1 saturated heterocycles. The number of rotatable bonds is 8. The summed E-state index contributed by atoms with van der Waals surface area (Å²) in [5.74, 6) is -0.439. The summed E-state index contributed by atoms with van der Waals surface area (Å²) < 4.78 is 41.0. The van der Waals surface area contributed by atoms with E-state index >= 15 is 0 Å². The topological polar surface area (TPSA) is 111 Å². The Kier molecular flexibility index (Phi) is 6.69. The number of methoxy groups -OCH3 is 3. The molecule has 31 heavy (non-hydrogen) atoms. The second kappa shape index (κ2) is 9.25. The molecule has 0 saturated carbocycles. The van der Waals surface area contributed by atoms with Crippen LogP contribution in [0.5, 0.6) is 17.2 Å². The zero-order valence-electron chi connectivity index (χ0n) is 17.5. The van der Waals surface area contributed by atoms with Crippen molar-refractivity contribution in [1.82, 2.24) is 0 Å². The van der Waals surface area contributed by atoms with Crippen LogP contribution in [0.3, 0.4) is 0 Å². The molecule has 9 nitrogen and oxygen atoms in total. The number of sulfone groups is 1. The van der Waals surface area contributed by atoms with Crippen LogP contribution in [0.1, 0.15) is 12.8 Å². The molecule has 10 heteroatoms. The molecule has 3 rings (SSSR count). The van der Waals surface area contributed by atoms with E-state index in [0.717, 1.165) is 6.42 Å². The third-order valence-corrected chi connectivity index (χ3v) is 6.48. The van der Waals surface area contributed by atoms with Gasteiger partial charge in [-0.15, -0.1) is 0 Å². The first-order valence-corrected chi connectivity index (χ1v) is 11.2. The second-order valence-electron chi connectivity index (χ2n) is 6.86. The van der Waals surface area contributed by atoms with E-state index in [9.17, 15) is 18.0 Å². The smallest absolute Gasteiger partial charge is 0.239 e. The van der Waals surface area contributed by atoms with Crippen LogP contribution >= 0.6 is 0 Å². The van der Waals surface area contributed by atoms with E-state index in [-0.39, 0.29) is 10.8 Å². The highest BCUT2D eigenvalue weighted by Crippen LogP contribution is 2.40. The number of carbonyl (C=O) groups excluding carboxylic acids is 2. The minimum absolute atomic E-state index is 0.00272.